The fraction of sp³-hybridized carbons (Fsp3) is 1.00. The van der Waals surface area contributed by atoms with E-state index < -0.39 is 0 Å². The molecule has 1 nitrogen and oxygen atoms in total. The molecular formula is C10H20OS. The van der Waals surface area contributed by atoms with E-state index in [-0.39, 0.29) is 0 Å². The fourth-order valence-corrected chi connectivity index (χ4v) is 2.72. The highest BCUT2D eigenvalue weighted by Gasteiger charge is 2.27. The maximum atomic E-state index is 5.64. The first-order chi connectivity index (χ1) is 5.61. The van der Waals surface area contributed by atoms with Crippen LogP contribution in [-0.2, 0) is 4.18 Å². The Balaban J connectivity index is 2.40. The Labute approximate surface area is 80.5 Å². The highest BCUT2D eigenvalue weighted by molar-refractivity contribution is 7.94. The van der Waals surface area contributed by atoms with E-state index in [4.69, 9.17) is 4.18 Å². The minimum absolute atomic E-state index is 0.483. The monoisotopic (exact) mass is 188 g/mol. The topological polar surface area (TPSA) is 9.23 Å². The summed E-state index contributed by atoms with van der Waals surface area (Å²) in [4.78, 5) is 0. The number of rotatable bonds is 2. The first-order valence-corrected chi connectivity index (χ1v) is 5.80. The van der Waals surface area contributed by atoms with Crippen molar-refractivity contribution in [1.82, 2.24) is 0 Å². The lowest BCUT2D eigenvalue weighted by Gasteiger charge is -2.32. The quantitative estimate of drug-likeness (QED) is 0.615. The minimum Gasteiger partial charge on any atom is -0.312 e. The maximum absolute atomic E-state index is 5.64. The summed E-state index contributed by atoms with van der Waals surface area (Å²) in [5, 5.41) is 0. The Kier molecular flexibility index (Phi) is 3.91. The molecule has 1 fully saturated rings. The van der Waals surface area contributed by atoms with Crippen molar-refractivity contribution in [3.05, 3.63) is 0 Å². The summed E-state index contributed by atoms with van der Waals surface area (Å²) < 4.78 is 5.64. The average molecular weight is 188 g/mol. The van der Waals surface area contributed by atoms with Gasteiger partial charge in [-0.2, -0.15) is 0 Å². The molecule has 0 bridgehead atoms. The second-order valence-electron chi connectivity index (χ2n) is 4.40. The van der Waals surface area contributed by atoms with Crippen LogP contribution < -0.4 is 0 Å². The van der Waals surface area contributed by atoms with Crippen molar-refractivity contribution in [3.63, 3.8) is 0 Å². The molecule has 0 amide bonds. The highest BCUT2D eigenvalue weighted by atomic mass is 32.2. The molecule has 1 rings (SSSR count). The van der Waals surface area contributed by atoms with E-state index in [0.717, 1.165) is 11.8 Å². The van der Waals surface area contributed by atoms with E-state index in [1.807, 2.05) is 0 Å². The predicted octanol–water partition coefficient (Wildman–Crippen LogP) is 3.35. The van der Waals surface area contributed by atoms with Crippen LogP contribution in [0, 0.1) is 17.8 Å². The summed E-state index contributed by atoms with van der Waals surface area (Å²) in [5.41, 5.74) is 0. The zero-order chi connectivity index (χ0) is 9.14. The van der Waals surface area contributed by atoms with Crippen LogP contribution in [0.1, 0.15) is 34.1 Å². The summed E-state index contributed by atoms with van der Waals surface area (Å²) in [5.74, 6) is 3.51. The van der Waals surface area contributed by atoms with Gasteiger partial charge in [-0.3, -0.25) is 0 Å². The van der Waals surface area contributed by atoms with Gasteiger partial charge in [0.25, 0.3) is 0 Å². The molecule has 1 aliphatic rings. The summed E-state index contributed by atoms with van der Waals surface area (Å²) in [7, 11) is 0. The van der Waals surface area contributed by atoms with Crippen LogP contribution in [0.15, 0.2) is 0 Å². The van der Waals surface area contributed by atoms with Crippen molar-refractivity contribution in [2.24, 2.45) is 17.8 Å². The normalized spacial score (nSPS) is 31.5. The van der Waals surface area contributed by atoms with Crippen molar-refractivity contribution in [1.29, 1.82) is 0 Å². The predicted molar refractivity (Wildman–Crippen MR) is 55.1 cm³/mol. The molecule has 0 aromatic rings. The molecule has 0 aromatic heterocycles. The van der Waals surface area contributed by atoms with Gasteiger partial charge in [-0.1, -0.05) is 27.7 Å². The Bertz CT molecular complexity index is 120. The maximum Gasteiger partial charge on any atom is 0.0748 e. The lowest BCUT2D eigenvalue weighted by molar-refractivity contribution is 0.123. The van der Waals surface area contributed by atoms with Crippen LogP contribution in [0.2, 0.25) is 0 Å². The van der Waals surface area contributed by atoms with Crippen molar-refractivity contribution < 1.29 is 4.18 Å². The first kappa shape index (κ1) is 10.4. The Morgan fingerprint density at radius 2 is 1.83 bits per heavy atom. The lowest BCUT2D eigenvalue weighted by Crippen LogP contribution is -2.29. The molecule has 2 atom stereocenters. The second-order valence-corrected chi connectivity index (χ2v) is 5.16. The van der Waals surface area contributed by atoms with Crippen LogP contribution in [0.4, 0.5) is 0 Å². The molecule has 72 valence electrons. The van der Waals surface area contributed by atoms with Crippen molar-refractivity contribution in [3.8, 4) is 0 Å². The van der Waals surface area contributed by atoms with E-state index in [1.165, 1.54) is 12.2 Å². The highest BCUT2D eigenvalue weighted by Crippen LogP contribution is 2.33. The summed E-state index contributed by atoms with van der Waals surface area (Å²) >= 11 is 1.67. The molecule has 1 heterocycles. The Hall–Kier alpha value is 0.310. The molecule has 0 N–H and O–H groups in total. The van der Waals surface area contributed by atoms with Gasteiger partial charge in [-0.05, 0) is 36.2 Å². The van der Waals surface area contributed by atoms with Crippen LogP contribution in [0.3, 0.4) is 0 Å². The molecule has 0 radical (unpaired) electrons. The number of hydrogen-bond acceptors (Lipinski definition) is 2. The Morgan fingerprint density at radius 3 is 2.33 bits per heavy atom. The van der Waals surface area contributed by atoms with Crippen molar-refractivity contribution >= 4 is 12.0 Å². The second kappa shape index (κ2) is 4.52. The van der Waals surface area contributed by atoms with Gasteiger partial charge in [0, 0.05) is 5.75 Å². The van der Waals surface area contributed by atoms with Crippen molar-refractivity contribution in [2.75, 3.05) is 5.75 Å². The third-order valence-electron chi connectivity index (χ3n) is 2.70. The van der Waals surface area contributed by atoms with Gasteiger partial charge < -0.3 is 4.18 Å². The van der Waals surface area contributed by atoms with Gasteiger partial charge in [0.05, 0.1) is 6.10 Å². The van der Waals surface area contributed by atoms with Crippen LogP contribution in [0.25, 0.3) is 0 Å². The molecule has 1 saturated heterocycles. The molecule has 0 spiro atoms. The fourth-order valence-electron chi connectivity index (χ4n) is 1.47. The number of hydrogen-bond donors (Lipinski definition) is 0. The lowest BCUT2D eigenvalue weighted by atomic mass is 9.88. The van der Waals surface area contributed by atoms with E-state index in [1.54, 1.807) is 12.0 Å². The average Bonchev–Trinajstić information content (AvgIpc) is 2.04. The molecule has 2 heteroatoms. The zero-order valence-electron chi connectivity index (χ0n) is 8.54. The van der Waals surface area contributed by atoms with Gasteiger partial charge in [0.1, 0.15) is 0 Å². The molecule has 12 heavy (non-hydrogen) atoms. The van der Waals surface area contributed by atoms with Crippen LogP contribution in [-0.4, -0.2) is 11.9 Å². The van der Waals surface area contributed by atoms with E-state index in [2.05, 4.69) is 27.7 Å². The molecular weight excluding hydrogens is 168 g/mol. The molecule has 0 saturated carbocycles. The third-order valence-corrected chi connectivity index (χ3v) is 3.64. The van der Waals surface area contributed by atoms with Gasteiger partial charge >= 0.3 is 0 Å². The first-order valence-electron chi connectivity index (χ1n) is 4.89. The van der Waals surface area contributed by atoms with Gasteiger partial charge in [0.15, 0.2) is 0 Å². The molecule has 1 aliphatic heterocycles. The van der Waals surface area contributed by atoms with E-state index in [0.29, 0.717) is 12.0 Å². The molecule has 0 aliphatic carbocycles. The summed E-state index contributed by atoms with van der Waals surface area (Å²) in [6.45, 7) is 9.11. The minimum atomic E-state index is 0.483. The standard InChI is InChI=1S/C10H20OS/c1-7(2)9-5-10(8(3)4)11-12-6-9/h7-10H,5-6H2,1-4H3. The Morgan fingerprint density at radius 1 is 1.17 bits per heavy atom. The van der Waals surface area contributed by atoms with Gasteiger partial charge in [0.2, 0.25) is 0 Å². The SMILES string of the molecule is CC(C)C1CSOC(C(C)C)C1. The smallest absolute Gasteiger partial charge is 0.0748 e. The largest absolute Gasteiger partial charge is 0.312 e. The zero-order valence-corrected chi connectivity index (χ0v) is 9.36. The third kappa shape index (κ3) is 2.67. The van der Waals surface area contributed by atoms with Crippen LogP contribution in [0.5, 0.6) is 0 Å². The van der Waals surface area contributed by atoms with Crippen molar-refractivity contribution in [2.45, 2.75) is 40.2 Å². The summed E-state index contributed by atoms with van der Waals surface area (Å²) in [6.07, 6.45) is 1.73. The molecule has 0 aromatic carbocycles. The van der Waals surface area contributed by atoms with Gasteiger partial charge in [-0.15, -0.1) is 0 Å². The van der Waals surface area contributed by atoms with Crippen LogP contribution >= 0.6 is 12.0 Å². The van der Waals surface area contributed by atoms with E-state index in [9.17, 15) is 0 Å². The molecule has 2 unspecified atom stereocenters. The van der Waals surface area contributed by atoms with E-state index >= 15 is 0 Å². The summed E-state index contributed by atoms with van der Waals surface area (Å²) in [6, 6.07) is 0. The van der Waals surface area contributed by atoms with Gasteiger partial charge in [-0.25, -0.2) is 0 Å².